The number of carboxylic acid groups (broad SMARTS) is 1. The van der Waals surface area contributed by atoms with Crippen molar-refractivity contribution in [2.45, 2.75) is 18.9 Å². The van der Waals surface area contributed by atoms with Gasteiger partial charge < -0.3 is 14.7 Å². The molecule has 1 aromatic carbocycles. The molecule has 0 bridgehead atoms. The van der Waals surface area contributed by atoms with Gasteiger partial charge in [-0.1, -0.05) is 18.2 Å². The molecule has 1 heterocycles. The van der Waals surface area contributed by atoms with Gasteiger partial charge >= 0.3 is 6.09 Å². The minimum Gasteiger partial charge on any atom is -0.490 e. The minimum atomic E-state index is -0.835. The number of hydrogen-bond donors (Lipinski definition) is 1. The maximum Gasteiger partial charge on any atom is 0.407 e. The lowest BCUT2D eigenvalue weighted by Gasteiger charge is -2.30. The van der Waals surface area contributed by atoms with Gasteiger partial charge in [0.05, 0.1) is 0 Å². The monoisotopic (exact) mass is 221 g/mol. The van der Waals surface area contributed by atoms with Crippen LogP contribution in [0.15, 0.2) is 30.3 Å². The van der Waals surface area contributed by atoms with E-state index < -0.39 is 6.09 Å². The Hall–Kier alpha value is -1.71. The summed E-state index contributed by atoms with van der Waals surface area (Å²) in [6.07, 6.45) is 0.832. The molecule has 1 N–H and O–H groups in total. The van der Waals surface area contributed by atoms with E-state index in [1.165, 1.54) is 4.90 Å². The Morgan fingerprint density at radius 3 is 2.44 bits per heavy atom. The van der Waals surface area contributed by atoms with Gasteiger partial charge in [0.15, 0.2) is 0 Å². The Balaban J connectivity index is 1.84. The first-order valence-electron chi connectivity index (χ1n) is 5.45. The molecule has 1 aliphatic rings. The van der Waals surface area contributed by atoms with Crippen molar-refractivity contribution in [3.05, 3.63) is 30.3 Å². The van der Waals surface area contributed by atoms with Crippen LogP contribution in [-0.4, -0.2) is 35.3 Å². The fraction of sp³-hybridized carbons (Fsp3) is 0.417. The van der Waals surface area contributed by atoms with Crippen molar-refractivity contribution in [3.63, 3.8) is 0 Å². The summed E-state index contributed by atoms with van der Waals surface area (Å²) in [6, 6.07) is 9.65. The molecule has 0 aromatic heterocycles. The normalized spacial score (nSPS) is 17.1. The number of carbonyl (C=O) groups is 1. The summed E-state index contributed by atoms with van der Waals surface area (Å²) in [6.45, 7) is 1.12. The highest BCUT2D eigenvalue weighted by Gasteiger charge is 2.23. The molecule has 2 rings (SSSR count). The molecular weight excluding hydrogens is 206 g/mol. The number of likely N-dealkylation sites (tertiary alicyclic amines) is 1. The molecule has 1 saturated heterocycles. The molecule has 1 aromatic rings. The zero-order valence-corrected chi connectivity index (χ0v) is 9.00. The molecule has 0 atom stereocenters. The van der Waals surface area contributed by atoms with E-state index in [9.17, 15) is 4.79 Å². The smallest absolute Gasteiger partial charge is 0.407 e. The topological polar surface area (TPSA) is 49.8 Å². The molecule has 0 saturated carbocycles. The van der Waals surface area contributed by atoms with Crippen molar-refractivity contribution in [3.8, 4) is 5.75 Å². The number of para-hydroxylation sites is 1. The van der Waals surface area contributed by atoms with E-state index in [2.05, 4.69) is 0 Å². The third kappa shape index (κ3) is 2.66. The zero-order valence-electron chi connectivity index (χ0n) is 9.00. The first-order chi connectivity index (χ1) is 7.75. The SMILES string of the molecule is O=C(O)N1CCC(Oc2ccccc2)CC1. The van der Waals surface area contributed by atoms with Gasteiger partial charge in [-0.3, -0.25) is 0 Å². The van der Waals surface area contributed by atoms with Gasteiger partial charge in [-0.05, 0) is 12.1 Å². The molecule has 1 amide bonds. The Morgan fingerprint density at radius 2 is 1.88 bits per heavy atom. The van der Waals surface area contributed by atoms with E-state index in [0.717, 1.165) is 18.6 Å². The fourth-order valence-electron chi connectivity index (χ4n) is 1.86. The van der Waals surface area contributed by atoms with Crippen molar-refractivity contribution in [1.29, 1.82) is 0 Å². The average molecular weight is 221 g/mol. The molecule has 86 valence electrons. The third-order valence-corrected chi connectivity index (χ3v) is 2.76. The molecule has 0 unspecified atom stereocenters. The van der Waals surface area contributed by atoms with E-state index in [-0.39, 0.29) is 6.10 Å². The minimum absolute atomic E-state index is 0.137. The summed E-state index contributed by atoms with van der Waals surface area (Å²) in [5.41, 5.74) is 0. The van der Waals surface area contributed by atoms with Crippen LogP contribution in [0.5, 0.6) is 5.75 Å². The third-order valence-electron chi connectivity index (χ3n) is 2.76. The predicted molar refractivity (Wildman–Crippen MR) is 59.7 cm³/mol. The lowest BCUT2D eigenvalue weighted by molar-refractivity contribution is 0.0895. The van der Waals surface area contributed by atoms with E-state index in [4.69, 9.17) is 9.84 Å². The Morgan fingerprint density at radius 1 is 1.25 bits per heavy atom. The number of rotatable bonds is 2. The van der Waals surface area contributed by atoms with E-state index in [1.54, 1.807) is 0 Å². The molecule has 16 heavy (non-hydrogen) atoms. The van der Waals surface area contributed by atoms with Gasteiger partial charge in [0, 0.05) is 25.9 Å². The number of ether oxygens (including phenoxy) is 1. The van der Waals surface area contributed by atoms with E-state index in [0.29, 0.717) is 13.1 Å². The molecule has 0 radical (unpaired) electrons. The summed E-state index contributed by atoms with van der Waals surface area (Å²) >= 11 is 0. The number of benzene rings is 1. The molecule has 1 fully saturated rings. The maximum atomic E-state index is 10.7. The zero-order chi connectivity index (χ0) is 11.4. The van der Waals surface area contributed by atoms with E-state index in [1.807, 2.05) is 30.3 Å². The Kier molecular flexibility index (Phi) is 3.29. The number of amides is 1. The highest BCUT2D eigenvalue weighted by Crippen LogP contribution is 2.18. The predicted octanol–water partition coefficient (Wildman–Crippen LogP) is 2.21. The van der Waals surface area contributed by atoms with Crippen molar-refractivity contribution < 1.29 is 14.6 Å². The van der Waals surface area contributed by atoms with Crippen molar-refractivity contribution in [1.82, 2.24) is 4.90 Å². The molecular formula is C12H15NO3. The van der Waals surface area contributed by atoms with Crippen LogP contribution < -0.4 is 4.74 Å². The van der Waals surface area contributed by atoms with Gasteiger partial charge in [0.25, 0.3) is 0 Å². The first kappa shape index (κ1) is 10.8. The van der Waals surface area contributed by atoms with Crippen molar-refractivity contribution in [2.24, 2.45) is 0 Å². The van der Waals surface area contributed by atoms with Crippen molar-refractivity contribution in [2.75, 3.05) is 13.1 Å². The first-order valence-corrected chi connectivity index (χ1v) is 5.45. The fourth-order valence-corrected chi connectivity index (χ4v) is 1.86. The maximum absolute atomic E-state index is 10.7. The lowest BCUT2D eigenvalue weighted by Crippen LogP contribution is -2.41. The second-order valence-electron chi connectivity index (χ2n) is 3.90. The second kappa shape index (κ2) is 4.88. The van der Waals surface area contributed by atoms with E-state index >= 15 is 0 Å². The van der Waals surface area contributed by atoms with Gasteiger partial charge in [0.1, 0.15) is 11.9 Å². The average Bonchev–Trinajstić information content (AvgIpc) is 2.31. The molecule has 1 aliphatic heterocycles. The quantitative estimate of drug-likeness (QED) is 0.833. The second-order valence-corrected chi connectivity index (χ2v) is 3.90. The van der Waals surface area contributed by atoms with Crippen LogP contribution in [0.3, 0.4) is 0 Å². The largest absolute Gasteiger partial charge is 0.490 e. The van der Waals surface area contributed by atoms with Crippen LogP contribution in [-0.2, 0) is 0 Å². The highest BCUT2D eigenvalue weighted by atomic mass is 16.5. The Bertz CT molecular complexity index is 345. The van der Waals surface area contributed by atoms with Crippen LogP contribution in [0.2, 0.25) is 0 Å². The Labute approximate surface area is 94.4 Å². The molecule has 0 spiro atoms. The summed E-state index contributed by atoms with van der Waals surface area (Å²) < 4.78 is 5.76. The van der Waals surface area contributed by atoms with Crippen LogP contribution in [0.1, 0.15) is 12.8 Å². The standard InChI is InChI=1S/C12H15NO3/c14-12(15)13-8-6-11(7-9-13)16-10-4-2-1-3-5-10/h1-5,11H,6-9H2,(H,14,15). The number of nitrogens with zero attached hydrogens (tertiary/aromatic N) is 1. The van der Waals surface area contributed by atoms with Gasteiger partial charge in [-0.15, -0.1) is 0 Å². The lowest BCUT2D eigenvalue weighted by atomic mass is 10.1. The summed E-state index contributed by atoms with van der Waals surface area (Å²) in [5, 5.41) is 8.80. The number of hydrogen-bond acceptors (Lipinski definition) is 2. The van der Waals surface area contributed by atoms with Crippen LogP contribution in [0.4, 0.5) is 4.79 Å². The van der Waals surface area contributed by atoms with Crippen LogP contribution in [0.25, 0.3) is 0 Å². The van der Waals surface area contributed by atoms with Crippen molar-refractivity contribution >= 4 is 6.09 Å². The van der Waals surface area contributed by atoms with Gasteiger partial charge in [-0.2, -0.15) is 0 Å². The molecule has 0 aliphatic carbocycles. The van der Waals surface area contributed by atoms with Crippen LogP contribution >= 0.6 is 0 Å². The highest BCUT2D eigenvalue weighted by molar-refractivity contribution is 5.65. The molecule has 4 heteroatoms. The summed E-state index contributed by atoms with van der Waals surface area (Å²) in [5.74, 6) is 0.858. The van der Waals surface area contributed by atoms with Gasteiger partial charge in [0.2, 0.25) is 0 Å². The summed E-state index contributed by atoms with van der Waals surface area (Å²) in [4.78, 5) is 12.1. The number of piperidine rings is 1. The van der Waals surface area contributed by atoms with Crippen LogP contribution in [0, 0.1) is 0 Å². The summed E-state index contributed by atoms with van der Waals surface area (Å²) in [7, 11) is 0. The van der Waals surface area contributed by atoms with Gasteiger partial charge in [-0.25, -0.2) is 4.79 Å². The molecule has 4 nitrogen and oxygen atoms in total.